The molecule has 33 heavy (non-hydrogen) atoms. The molecular weight excluding hydrogens is 406 g/mol. The molecule has 0 heterocycles. The first-order valence-corrected chi connectivity index (χ1v) is 11.4. The van der Waals surface area contributed by atoms with Crippen molar-refractivity contribution < 1.29 is 9.84 Å². The SMILES string of the molecule is COc1ccc([C@H](C)N(C(c2ccccc2)c2ccccc2)[C@@H](CO)c2ccccc2)cc1. The molecule has 0 aliphatic rings. The van der Waals surface area contributed by atoms with Crippen molar-refractivity contribution in [1.29, 1.82) is 0 Å². The van der Waals surface area contributed by atoms with Crippen molar-refractivity contribution in [2.45, 2.75) is 25.0 Å². The van der Waals surface area contributed by atoms with Crippen LogP contribution in [0.5, 0.6) is 5.75 Å². The molecule has 0 saturated heterocycles. The molecule has 1 N–H and O–H groups in total. The van der Waals surface area contributed by atoms with Gasteiger partial charge in [-0.15, -0.1) is 0 Å². The second-order valence-electron chi connectivity index (χ2n) is 8.23. The third-order valence-electron chi connectivity index (χ3n) is 6.29. The number of nitrogens with zero attached hydrogens (tertiary/aromatic N) is 1. The first-order valence-electron chi connectivity index (χ1n) is 11.4. The van der Waals surface area contributed by atoms with Gasteiger partial charge in [-0.1, -0.05) is 103 Å². The van der Waals surface area contributed by atoms with Crippen LogP contribution in [0.15, 0.2) is 115 Å². The van der Waals surface area contributed by atoms with E-state index in [1.54, 1.807) is 7.11 Å². The van der Waals surface area contributed by atoms with Crippen molar-refractivity contribution in [3.8, 4) is 5.75 Å². The van der Waals surface area contributed by atoms with Crippen LogP contribution in [0.4, 0.5) is 0 Å². The Labute approximate surface area is 196 Å². The van der Waals surface area contributed by atoms with Gasteiger partial charge in [-0.25, -0.2) is 0 Å². The van der Waals surface area contributed by atoms with Crippen molar-refractivity contribution in [1.82, 2.24) is 4.90 Å². The molecule has 2 atom stereocenters. The van der Waals surface area contributed by atoms with Crippen LogP contribution in [-0.2, 0) is 0 Å². The highest BCUT2D eigenvalue weighted by Gasteiger charge is 2.34. The summed E-state index contributed by atoms with van der Waals surface area (Å²) in [6.07, 6.45) is 0. The second-order valence-corrected chi connectivity index (χ2v) is 8.23. The van der Waals surface area contributed by atoms with E-state index < -0.39 is 0 Å². The molecule has 0 aromatic heterocycles. The highest BCUT2D eigenvalue weighted by atomic mass is 16.5. The van der Waals surface area contributed by atoms with E-state index in [1.807, 2.05) is 42.5 Å². The summed E-state index contributed by atoms with van der Waals surface area (Å²) in [6, 6.07) is 39.4. The molecule has 4 rings (SSSR count). The summed E-state index contributed by atoms with van der Waals surface area (Å²) >= 11 is 0. The van der Waals surface area contributed by atoms with Gasteiger partial charge in [-0.05, 0) is 41.3 Å². The minimum atomic E-state index is -0.186. The van der Waals surface area contributed by atoms with Crippen LogP contribution < -0.4 is 4.74 Å². The summed E-state index contributed by atoms with van der Waals surface area (Å²) in [5.74, 6) is 0.835. The molecule has 0 bridgehead atoms. The average Bonchev–Trinajstić information content (AvgIpc) is 2.90. The van der Waals surface area contributed by atoms with Gasteiger partial charge in [0.05, 0.1) is 25.8 Å². The van der Waals surface area contributed by atoms with Crippen LogP contribution in [0.1, 0.15) is 47.3 Å². The van der Waals surface area contributed by atoms with Crippen molar-refractivity contribution >= 4 is 0 Å². The van der Waals surface area contributed by atoms with Crippen molar-refractivity contribution in [2.24, 2.45) is 0 Å². The van der Waals surface area contributed by atoms with E-state index in [9.17, 15) is 5.11 Å². The summed E-state index contributed by atoms with van der Waals surface area (Å²) in [5, 5.41) is 10.7. The predicted octanol–water partition coefficient (Wildman–Crippen LogP) is 6.58. The Morgan fingerprint density at radius 1 is 0.636 bits per heavy atom. The molecule has 0 spiro atoms. The maximum atomic E-state index is 10.7. The number of hydrogen-bond acceptors (Lipinski definition) is 3. The summed E-state index contributed by atoms with van der Waals surface area (Å²) in [6.45, 7) is 2.23. The normalized spacial score (nSPS) is 13.1. The number of aliphatic hydroxyl groups excluding tert-OH is 1. The fourth-order valence-electron chi connectivity index (χ4n) is 4.58. The molecule has 0 fully saturated rings. The Morgan fingerprint density at radius 3 is 1.52 bits per heavy atom. The number of rotatable bonds is 9. The van der Waals surface area contributed by atoms with Gasteiger partial charge in [0.25, 0.3) is 0 Å². The van der Waals surface area contributed by atoms with E-state index in [0.29, 0.717) is 0 Å². The van der Waals surface area contributed by atoms with Crippen LogP contribution in [0.3, 0.4) is 0 Å². The Kier molecular flexibility index (Phi) is 7.56. The lowest BCUT2D eigenvalue weighted by Gasteiger charge is -2.42. The molecule has 168 valence electrons. The van der Waals surface area contributed by atoms with Gasteiger partial charge in [-0.3, -0.25) is 4.90 Å². The van der Waals surface area contributed by atoms with E-state index >= 15 is 0 Å². The lowest BCUT2D eigenvalue weighted by molar-refractivity contribution is 0.0604. The molecule has 0 unspecified atom stereocenters. The second kappa shape index (κ2) is 11.0. The van der Waals surface area contributed by atoms with E-state index in [1.165, 1.54) is 16.7 Å². The monoisotopic (exact) mass is 437 g/mol. The zero-order valence-electron chi connectivity index (χ0n) is 19.2. The summed E-state index contributed by atoms with van der Waals surface area (Å²) in [4.78, 5) is 2.43. The molecule has 0 saturated carbocycles. The number of hydrogen-bond donors (Lipinski definition) is 1. The quantitative estimate of drug-likeness (QED) is 0.321. The summed E-state index contributed by atoms with van der Waals surface area (Å²) < 4.78 is 5.38. The fraction of sp³-hybridized carbons (Fsp3) is 0.200. The van der Waals surface area contributed by atoms with Gasteiger partial charge in [-0.2, -0.15) is 0 Å². The minimum absolute atomic E-state index is 0.0146. The Balaban J connectivity index is 1.88. The maximum Gasteiger partial charge on any atom is 0.118 e. The van der Waals surface area contributed by atoms with Gasteiger partial charge in [0.15, 0.2) is 0 Å². The van der Waals surface area contributed by atoms with Crippen molar-refractivity contribution in [3.05, 3.63) is 138 Å². The summed E-state index contributed by atoms with van der Waals surface area (Å²) in [5.41, 5.74) is 4.65. The van der Waals surface area contributed by atoms with E-state index in [4.69, 9.17) is 4.74 Å². The average molecular weight is 438 g/mol. The lowest BCUT2D eigenvalue weighted by Crippen LogP contribution is -2.37. The topological polar surface area (TPSA) is 32.7 Å². The molecule has 4 aromatic carbocycles. The van der Waals surface area contributed by atoms with E-state index in [2.05, 4.69) is 84.6 Å². The van der Waals surface area contributed by atoms with Crippen LogP contribution in [0, 0.1) is 0 Å². The highest BCUT2D eigenvalue weighted by Crippen LogP contribution is 2.42. The number of methoxy groups -OCH3 is 1. The molecule has 4 aromatic rings. The van der Waals surface area contributed by atoms with Crippen LogP contribution in [0.2, 0.25) is 0 Å². The highest BCUT2D eigenvalue weighted by molar-refractivity contribution is 5.35. The number of aliphatic hydroxyl groups is 1. The Morgan fingerprint density at radius 2 is 1.09 bits per heavy atom. The number of benzene rings is 4. The zero-order valence-corrected chi connectivity index (χ0v) is 19.2. The standard InChI is InChI=1S/C30H31NO2/c1-23(24-18-20-28(33-2)21-19-24)31(29(22-32)25-12-6-3-7-13-25)30(26-14-8-4-9-15-26)27-16-10-5-11-17-27/h3-21,23,29-30,32H,22H2,1-2H3/t23-,29-/m0/s1. The molecule has 0 aliphatic heterocycles. The van der Waals surface area contributed by atoms with Gasteiger partial charge in [0.2, 0.25) is 0 Å². The van der Waals surface area contributed by atoms with Gasteiger partial charge >= 0.3 is 0 Å². The Hall–Kier alpha value is -3.40. The van der Waals surface area contributed by atoms with Gasteiger partial charge in [0, 0.05) is 6.04 Å². The molecule has 0 aliphatic carbocycles. The molecule has 3 nitrogen and oxygen atoms in total. The minimum Gasteiger partial charge on any atom is -0.497 e. The molecular formula is C30H31NO2. The largest absolute Gasteiger partial charge is 0.497 e. The fourth-order valence-corrected chi connectivity index (χ4v) is 4.58. The third-order valence-corrected chi connectivity index (χ3v) is 6.29. The van der Waals surface area contributed by atoms with Gasteiger partial charge < -0.3 is 9.84 Å². The Bertz CT molecular complexity index is 1060. The molecule has 3 heteroatoms. The van der Waals surface area contributed by atoms with Crippen LogP contribution in [0.25, 0.3) is 0 Å². The first-order chi connectivity index (χ1) is 16.2. The lowest BCUT2D eigenvalue weighted by atomic mass is 9.90. The van der Waals surface area contributed by atoms with E-state index in [-0.39, 0.29) is 24.7 Å². The number of ether oxygens (including phenoxy) is 1. The smallest absolute Gasteiger partial charge is 0.118 e. The molecule has 0 radical (unpaired) electrons. The van der Waals surface area contributed by atoms with Gasteiger partial charge in [0.1, 0.15) is 5.75 Å². The zero-order chi connectivity index (χ0) is 23.0. The molecule has 0 amide bonds. The summed E-state index contributed by atoms with van der Waals surface area (Å²) in [7, 11) is 1.68. The third kappa shape index (κ3) is 5.16. The van der Waals surface area contributed by atoms with Crippen LogP contribution >= 0.6 is 0 Å². The van der Waals surface area contributed by atoms with Crippen molar-refractivity contribution in [2.75, 3.05) is 13.7 Å². The predicted molar refractivity (Wildman–Crippen MR) is 134 cm³/mol. The van der Waals surface area contributed by atoms with Crippen molar-refractivity contribution in [3.63, 3.8) is 0 Å². The van der Waals surface area contributed by atoms with E-state index in [0.717, 1.165) is 11.3 Å². The van der Waals surface area contributed by atoms with Crippen LogP contribution in [-0.4, -0.2) is 23.7 Å². The first kappa shape index (κ1) is 22.8. The maximum absolute atomic E-state index is 10.7.